The molecule has 162 valence electrons. The molecule has 1 aromatic heterocycles. The van der Waals surface area contributed by atoms with Gasteiger partial charge in [-0.05, 0) is 66.3 Å². The molecule has 4 aromatic rings. The average molecular weight is 444 g/mol. The summed E-state index contributed by atoms with van der Waals surface area (Å²) in [5.74, 6) is 1.01. The molecule has 0 bridgehead atoms. The second-order valence-electron chi connectivity index (χ2n) is 7.85. The summed E-state index contributed by atoms with van der Waals surface area (Å²) in [6, 6.07) is 21.9. The molecule has 5 nitrogen and oxygen atoms in total. The lowest BCUT2D eigenvalue weighted by atomic mass is 10.1. The van der Waals surface area contributed by atoms with E-state index in [-0.39, 0.29) is 21.8 Å². The monoisotopic (exact) mass is 443 g/mol. The third-order valence-corrected chi connectivity index (χ3v) is 6.06. The Morgan fingerprint density at radius 2 is 1.38 bits per heavy atom. The Hall–Kier alpha value is -3.35. The lowest BCUT2D eigenvalue weighted by Gasteiger charge is -2.08. The number of H-pyrrole nitrogens is 2. The van der Waals surface area contributed by atoms with Gasteiger partial charge in [-0.1, -0.05) is 48.5 Å². The van der Waals surface area contributed by atoms with Crippen molar-refractivity contribution in [2.45, 2.75) is 4.90 Å². The predicted molar refractivity (Wildman–Crippen MR) is 134 cm³/mol. The summed E-state index contributed by atoms with van der Waals surface area (Å²) in [7, 11) is 4.11. The Bertz CT molecular complexity index is 1470. The standard InChI is InChI=1S/C26H25N3O2S/c1-29(2)13-14-32-22-11-8-18(9-12-22)16-23-25(30)28-24(26(31)27-23)17-19-7-10-20-5-3-4-6-21(20)15-19/h3-12,15-17H,13-14H2,1-2H3,(H,27,31)(H,28,30). The fourth-order valence-corrected chi connectivity index (χ4v) is 4.35. The first-order valence-electron chi connectivity index (χ1n) is 10.4. The quantitative estimate of drug-likeness (QED) is 0.450. The van der Waals surface area contributed by atoms with E-state index in [1.165, 1.54) is 4.90 Å². The zero-order valence-corrected chi connectivity index (χ0v) is 18.9. The largest absolute Gasteiger partial charge is 0.316 e. The van der Waals surface area contributed by atoms with Crippen molar-refractivity contribution in [3.8, 4) is 0 Å². The van der Waals surface area contributed by atoms with Gasteiger partial charge in [0.15, 0.2) is 0 Å². The number of fused-ring (bicyclic) bond motifs is 1. The van der Waals surface area contributed by atoms with Crippen molar-refractivity contribution in [3.05, 3.63) is 109 Å². The van der Waals surface area contributed by atoms with E-state index in [4.69, 9.17) is 0 Å². The van der Waals surface area contributed by atoms with E-state index in [9.17, 15) is 9.59 Å². The molecular formula is C26H25N3O2S. The van der Waals surface area contributed by atoms with Crippen molar-refractivity contribution in [1.82, 2.24) is 14.9 Å². The van der Waals surface area contributed by atoms with Gasteiger partial charge in [0.1, 0.15) is 10.7 Å². The second-order valence-corrected chi connectivity index (χ2v) is 9.02. The molecule has 0 spiro atoms. The van der Waals surface area contributed by atoms with Crippen molar-refractivity contribution >= 4 is 34.7 Å². The third-order valence-electron chi connectivity index (χ3n) is 5.07. The Kier molecular flexibility index (Phi) is 6.73. The van der Waals surface area contributed by atoms with Crippen LogP contribution < -0.4 is 21.8 Å². The highest BCUT2D eigenvalue weighted by Crippen LogP contribution is 2.18. The number of aromatic amines is 2. The minimum absolute atomic E-state index is 0.232. The molecule has 0 saturated heterocycles. The van der Waals surface area contributed by atoms with Gasteiger partial charge in [0.25, 0.3) is 11.1 Å². The van der Waals surface area contributed by atoms with Crippen LogP contribution in [-0.4, -0.2) is 41.3 Å². The van der Waals surface area contributed by atoms with Gasteiger partial charge < -0.3 is 14.9 Å². The van der Waals surface area contributed by atoms with E-state index in [1.807, 2.05) is 66.7 Å². The smallest absolute Gasteiger partial charge is 0.272 e. The molecule has 6 heteroatoms. The highest BCUT2D eigenvalue weighted by Gasteiger charge is 2.00. The second kappa shape index (κ2) is 9.85. The zero-order chi connectivity index (χ0) is 22.5. The van der Waals surface area contributed by atoms with Crippen LogP contribution >= 0.6 is 11.8 Å². The normalized spacial score (nSPS) is 12.7. The highest BCUT2D eigenvalue weighted by atomic mass is 32.2. The maximum Gasteiger partial charge on any atom is 0.272 e. The van der Waals surface area contributed by atoms with Crippen LogP contribution in [0.15, 0.2) is 81.2 Å². The van der Waals surface area contributed by atoms with Crippen molar-refractivity contribution in [3.63, 3.8) is 0 Å². The summed E-state index contributed by atoms with van der Waals surface area (Å²) in [6.45, 7) is 1.01. The molecule has 0 aliphatic rings. The van der Waals surface area contributed by atoms with E-state index in [0.717, 1.165) is 34.2 Å². The first-order valence-corrected chi connectivity index (χ1v) is 11.4. The number of thioether (sulfide) groups is 1. The van der Waals surface area contributed by atoms with E-state index in [0.29, 0.717) is 0 Å². The van der Waals surface area contributed by atoms with Crippen molar-refractivity contribution in [1.29, 1.82) is 0 Å². The molecule has 0 atom stereocenters. The lowest BCUT2D eigenvalue weighted by Crippen LogP contribution is -2.46. The van der Waals surface area contributed by atoms with Crippen LogP contribution in [-0.2, 0) is 0 Å². The van der Waals surface area contributed by atoms with Crippen molar-refractivity contribution in [2.75, 3.05) is 26.4 Å². The van der Waals surface area contributed by atoms with E-state index in [1.54, 1.807) is 23.9 Å². The van der Waals surface area contributed by atoms with Gasteiger partial charge >= 0.3 is 0 Å². The number of hydrogen-bond donors (Lipinski definition) is 2. The molecule has 0 fully saturated rings. The third kappa shape index (κ3) is 5.46. The minimum Gasteiger partial charge on any atom is -0.316 e. The molecule has 1 heterocycles. The molecule has 3 aromatic carbocycles. The number of nitrogens with zero attached hydrogens (tertiary/aromatic N) is 1. The van der Waals surface area contributed by atoms with Crippen LogP contribution in [0, 0.1) is 0 Å². The Morgan fingerprint density at radius 3 is 2.03 bits per heavy atom. The summed E-state index contributed by atoms with van der Waals surface area (Å²) in [5, 5.41) is 2.67. The van der Waals surface area contributed by atoms with Crippen molar-refractivity contribution < 1.29 is 0 Å². The molecule has 32 heavy (non-hydrogen) atoms. The van der Waals surface area contributed by atoms with Gasteiger partial charge in [-0.2, -0.15) is 0 Å². The number of aromatic nitrogens is 2. The number of nitrogens with one attached hydrogen (secondary N) is 2. The summed E-state index contributed by atoms with van der Waals surface area (Å²) in [6.07, 6.45) is 3.38. The number of rotatable bonds is 6. The van der Waals surface area contributed by atoms with Crippen LogP contribution in [0.1, 0.15) is 11.1 Å². The van der Waals surface area contributed by atoms with Crippen LogP contribution in [0.5, 0.6) is 0 Å². The topological polar surface area (TPSA) is 69.0 Å². The van der Waals surface area contributed by atoms with Gasteiger partial charge in [0.2, 0.25) is 0 Å². The van der Waals surface area contributed by atoms with Gasteiger partial charge in [0, 0.05) is 17.2 Å². The molecule has 0 aliphatic carbocycles. The Balaban J connectivity index is 1.61. The van der Waals surface area contributed by atoms with Crippen LogP contribution in [0.3, 0.4) is 0 Å². The van der Waals surface area contributed by atoms with Gasteiger partial charge in [-0.3, -0.25) is 9.59 Å². The highest BCUT2D eigenvalue weighted by molar-refractivity contribution is 7.99. The zero-order valence-electron chi connectivity index (χ0n) is 18.1. The van der Waals surface area contributed by atoms with E-state index >= 15 is 0 Å². The lowest BCUT2D eigenvalue weighted by molar-refractivity contribution is 0.437. The van der Waals surface area contributed by atoms with E-state index in [2.05, 4.69) is 29.0 Å². The molecular weight excluding hydrogens is 418 g/mol. The van der Waals surface area contributed by atoms with Gasteiger partial charge in [0.05, 0.1) is 0 Å². The minimum atomic E-state index is -0.333. The number of benzene rings is 3. The summed E-state index contributed by atoms with van der Waals surface area (Å²) in [5.41, 5.74) is 1.04. The molecule has 0 saturated carbocycles. The molecule has 0 amide bonds. The molecule has 0 aliphatic heterocycles. The summed E-state index contributed by atoms with van der Waals surface area (Å²) in [4.78, 5) is 33.9. The SMILES string of the molecule is CN(C)CCSc1ccc(C=c2[nH]c(=O)c(=Cc3ccc4ccccc4c3)[nH]c2=O)cc1. The Morgan fingerprint density at radius 1 is 0.781 bits per heavy atom. The first-order chi connectivity index (χ1) is 15.5. The van der Waals surface area contributed by atoms with Gasteiger partial charge in [-0.25, -0.2) is 0 Å². The fourth-order valence-electron chi connectivity index (χ4n) is 3.33. The molecule has 0 radical (unpaired) electrons. The van der Waals surface area contributed by atoms with Crippen LogP contribution in [0.4, 0.5) is 0 Å². The number of hydrogen-bond acceptors (Lipinski definition) is 4. The molecule has 4 rings (SSSR count). The van der Waals surface area contributed by atoms with Crippen molar-refractivity contribution in [2.24, 2.45) is 0 Å². The Labute approximate surface area is 190 Å². The fraction of sp³-hybridized carbons (Fsp3) is 0.154. The van der Waals surface area contributed by atoms with Crippen LogP contribution in [0.25, 0.3) is 22.9 Å². The first kappa shape index (κ1) is 21.9. The molecule has 2 N–H and O–H groups in total. The maximum atomic E-state index is 12.6. The van der Waals surface area contributed by atoms with Crippen LogP contribution in [0.2, 0.25) is 0 Å². The van der Waals surface area contributed by atoms with E-state index < -0.39 is 0 Å². The van der Waals surface area contributed by atoms with Gasteiger partial charge in [-0.15, -0.1) is 11.8 Å². The summed E-state index contributed by atoms with van der Waals surface area (Å²) >= 11 is 1.79. The summed E-state index contributed by atoms with van der Waals surface area (Å²) < 4.78 is 0. The molecule has 0 unspecified atom stereocenters. The predicted octanol–water partition coefficient (Wildman–Crippen LogP) is 2.53. The average Bonchev–Trinajstić information content (AvgIpc) is 2.78. The maximum absolute atomic E-state index is 12.6.